The Morgan fingerprint density at radius 2 is 2.16 bits per heavy atom. The number of ether oxygens (including phenoxy) is 3. The van der Waals surface area contributed by atoms with Gasteiger partial charge < -0.3 is 29.2 Å². The molecule has 0 radical (unpaired) electrons. The van der Waals surface area contributed by atoms with Crippen molar-refractivity contribution in [1.82, 2.24) is 19.5 Å². The Morgan fingerprint density at radius 3 is 2.94 bits per heavy atom. The SMILES string of the molecule is [2H]C[C@H]1OC[C@@H](n2cnc3c(NC(=O)c4ccccc4)ncnc32)[C@H](OCCOC)[C@@H]1O. The normalized spacial score (nSPS) is 24.1. The number of benzene rings is 1. The van der Waals surface area contributed by atoms with Crippen molar-refractivity contribution in [3.63, 3.8) is 0 Å². The monoisotopic (exact) mass is 428 g/mol. The number of hydrogen-bond donors (Lipinski definition) is 2. The van der Waals surface area contributed by atoms with Gasteiger partial charge in [0.2, 0.25) is 0 Å². The number of amides is 1. The van der Waals surface area contributed by atoms with Crippen LogP contribution in [0.2, 0.25) is 0 Å². The van der Waals surface area contributed by atoms with Crippen LogP contribution in [0.1, 0.15) is 24.7 Å². The number of anilines is 1. The zero-order valence-electron chi connectivity index (χ0n) is 18.0. The van der Waals surface area contributed by atoms with Gasteiger partial charge in [0, 0.05) is 14.0 Å². The summed E-state index contributed by atoms with van der Waals surface area (Å²) < 4.78 is 26.0. The number of rotatable bonds is 7. The van der Waals surface area contributed by atoms with Gasteiger partial charge in [0.15, 0.2) is 17.0 Å². The number of aromatic nitrogens is 4. The van der Waals surface area contributed by atoms with E-state index < -0.39 is 24.4 Å². The van der Waals surface area contributed by atoms with Gasteiger partial charge in [0.05, 0.1) is 38.3 Å². The average Bonchev–Trinajstić information content (AvgIpc) is 3.25. The van der Waals surface area contributed by atoms with Gasteiger partial charge in [-0.15, -0.1) is 0 Å². The van der Waals surface area contributed by atoms with Crippen molar-refractivity contribution in [3.8, 4) is 0 Å². The Hall–Kier alpha value is -2.92. The van der Waals surface area contributed by atoms with E-state index in [1.807, 2.05) is 6.07 Å². The molecule has 1 aromatic carbocycles. The molecule has 10 nitrogen and oxygen atoms in total. The van der Waals surface area contributed by atoms with Crippen LogP contribution in [-0.4, -0.2) is 75.8 Å². The second kappa shape index (κ2) is 9.48. The zero-order valence-corrected chi connectivity index (χ0v) is 17.0. The highest BCUT2D eigenvalue weighted by molar-refractivity contribution is 6.06. The van der Waals surface area contributed by atoms with Crippen molar-refractivity contribution >= 4 is 22.9 Å². The van der Waals surface area contributed by atoms with E-state index in [0.29, 0.717) is 23.3 Å². The predicted octanol–water partition coefficient (Wildman–Crippen LogP) is 1.43. The molecule has 1 saturated heterocycles. The van der Waals surface area contributed by atoms with Crippen molar-refractivity contribution < 1.29 is 25.5 Å². The minimum atomic E-state index is -1.00. The van der Waals surface area contributed by atoms with Crippen LogP contribution >= 0.6 is 0 Å². The Morgan fingerprint density at radius 1 is 1.32 bits per heavy atom. The number of aliphatic hydroxyl groups excluding tert-OH is 1. The van der Waals surface area contributed by atoms with Gasteiger partial charge in [-0.25, -0.2) is 15.0 Å². The summed E-state index contributed by atoms with van der Waals surface area (Å²) in [6, 6.07) is 8.36. The minimum Gasteiger partial charge on any atom is -0.388 e. The van der Waals surface area contributed by atoms with Gasteiger partial charge in [-0.1, -0.05) is 18.2 Å². The standard InChI is InChI=1S/C21H25N5O5/c1-13-17(27)18(30-9-8-29-2)15(10-31-13)26-12-24-16-19(22-11-23-20(16)26)25-21(28)14-6-4-3-5-7-14/h3-7,11-13,15,17-18,27H,8-10H2,1-2H3,(H,22,23,25,28)/t13-,15-,17-,18+/m1/s1/i1D. The molecule has 2 aromatic heterocycles. The van der Waals surface area contributed by atoms with Crippen LogP contribution < -0.4 is 5.32 Å². The van der Waals surface area contributed by atoms with Crippen LogP contribution in [0.15, 0.2) is 43.0 Å². The fourth-order valence-electron chi connectivity index (χ4n) is 3.53. The highest BCUT2D eigenvalue weighted by atomic mass is 16.6. The number of imidazole rings is 1. The molecular weight excluding hydrogens is 402 g/mol. The average molecular weight is 428 g/mol. The number of nitrogens with zero attached hydrogens (tertiary/aromatic N) is 4. The van der Waals surface area contributed by atoms with Crippen molar-refractivity contribution in [2.75, 3.05) is 32.2 Å². The van der Waals surface area contributed by atoms with Crippen LogP contribution in [0.25, 0.3) is 11.2 Å². The van der Waals surface area contributed by atoms with Gasteiger partial charge in [-0.3, -0.25) is 4.79 Å². The first-order chi connectivity index (χ1) is 15.6. The molecule has 2 N–H and O–H groups in total. The molecule has 0 saturated carbocycles. The molecule has 0 spiro atoms. The Balaban J connectivity index is 1.62. The molecule has 1 fully saturated rings. The van der Waals surface area contributed by atoms with Crippen molar-refractivity contribution in [2.24, 2.45) is 0 Å². The number of carbonyl (C=O) groups is 1. The largest absolute Gasteiger partial charge is 0.388 e. The minimum absolute atomic E-state index is 0.0828. The van der Waals surface area contributed by atoms with E-state index in [-0.39, 0.29) is 31.8 Å². The Labute approximate surface area is 180 Å². The van der Waals surface area contributed by atoms with Crippen LogP contribution in [0, 0.1) is 0 Å². The van der Waals surface area contributed by atoms with Crippen LogP contribution in [-0.2, 0) is 14.2 Å². The molecule has 164 valence electrons. The molecule has 1 amide bonds. The molecule has 4 rings (SSSR count). The van der Waals surface area contributed by atoms with Gasteiger partial charge >= 0.3 is 0 Å². The van der Waals surface area contributed by atoms with E-state index >= 15 is 0 Å². The van der Waals surface area contributed by atoms with Crippen LogP contribution in [0.5, 0.6) is 0 Å². The van der Waals surface area contributed by atoms with Crippen LogP contribution in [0.3, 0.4) is 0 Å². The maximum atomic E-state index is 12.6. The van der Waals surface area contributed by atoms with E-state index in [9.17, 15) is 9.90 Å². The van der Waals surface area contributed by atoms with Crippen molar-refractivity contribution in [2.45, 2.75) is 31.3 Å². The highest BCUT2D eigenvalue weighted by Crippen LogP contribution is 2.30. The molecule has 10 heteroatoms. The highest BCUT2D eigenvalue weighted by Gasteiger charge is 2.40. The molecular formula is C21H25N5O5. The summed E-state index contributed by atoms with van der Waals surface area (Å²) in [6.07, 6.45) is 0.605. The lowest BCUT2D eigenvalue weighted by atomic mass is 9.98. The number of fused-ring (bicyclic) bond motifs is 1. The van der Waals surface area contributed by atoms with Gasteiger partial charge in [-0.05, 0) is 19.0 Å². The third-order valence-corrected chi connectivity index (χ3v) is 5.16. The molecule has 3 aromatic rings. The molecule has 1 aliphatic heterocycles. The number of methoxy groups -OCH3 is 1. The Kier molecular flexibility index (Phi) is 6.12. The maximum absolute atomic E-state index is 12.6. The fraction of sp³-hybridized carbons (Fsp3) is 0.429. The van der Waals surface area contributed by atoms with Gasteiger partial charge in [0.25, 0.3) is 5.91 Å². The smallest absolute Gasteiger partial charge is 0.256 e. The first kappa shape index (κ1) is 20.0. The van der Waals surface area contributed by atoms with Gasteiger partial charge in [-0.2, -0.15) is 0 Å². The van der Waals surface area contributed by atoms with Crippen molar-refractivity contribution in [1.29, 1.82) is 0 Å². The van der Waals surface area contributed by atoms with E-state index in [1.54, 1.807) is 42.3 Å². The lowest BCUT2D eigenvalue weighted by molar-refractivity contribution is -0.174. The van der Waals surface area contributed by atoms with E-state index in [0.717, 1.165) is 0 Å². The molecule has 3 heterocycles. The summed E-state index contributed by atoms with van der Waals surface area (Å²) >= 11 is 0. The van der Waals surface area contributed by atoms with E-state index in [4.69, 9.17) is 15.6 Å². The van der Waals surface area contributed by atoms with Crippen molar-refractivity contribution in [3.05, 3.63) is 48.5 Å². The summed E-state index contributed by atoms with van der Waals surface area (Å²) in [5.74, 6) is -0.0311. The quantitative estimate of drug-likeness (QED) is 0.542. The number of aliphatic hydroxyl groups is 1. The third-order valence-electron chi connectivity index (χ3n) is 5.16. The molecule has 4 atom stereocenters. The topological polar surface area (TPSA) is 121 Å². The predicted molar refractivity (Wildman–Crippen MR) is 112 cm³/mol. The molecule has 31 heavy (non-hydrogen) atoms. The number of nitrogens with one attached hydrogen (secondary N) is 1. The van der Waals surface area contributed by atoms with E-state index in [1.165, 1.54) is 6.33 Å². The molecule has 0 aliphatic carbocycles. The summed E-state index contributed by atoms with van der Waals surface area (Å²) in [5.41, 5.74) is 1.37. The van der Waals surface area contributed by atoms with Crippen LogP contribution in [0.4, 0.5) is 5.82 Å². The number of hydrogen-bond acceptors (Lipinski definition) is 8. The summed E-state index contributed by atoms with van der Waals surface area (Å²) in [6.45, 7) is 0.768. The fourth-order valence-corrected chi connectivity index (χ4v) is 3.53. The second-order valence-corrected chi connectivity index (χ2v) is 7.12. The number of carbonyl (C=O) groups excluding carboxylic acids is 1. The summed E-state index contributed by atoms with van der Waals surface area (Å²) in [7, 11) is 1.57. The second-order valence-electron chi connectivity index (χ2n) is 7.12. The maximum Gasteiger partial charge on any atom is 0.256 e. The van der Waals surface area contributed by atoms with E-state index in [2.05, 4.69) is 20.3 Å². The lowest BCUT2D eigenvalue weighted by Crippen LogP contribution is -2.51. The summed E-state index contributed by atoms with van der Waals surface area (Å²) in [5, 5.41) is 13.5. The Bertz CT molecular complexity index is 1050. The van der Waals surface area contributed by atoms with Gasteiger partial charge in [0.1, 0.15) is 18.5 Å². The lowest BCUT2D eigenvalue weighted by Gasteiger charge is -2.39. The molecule has 1 aliphatic rings. The summed E-state index contributed by atoms with van der Waals surface area (Å²) in [4.78, 5) is 25.5. The zero-order chi connectivity index (χ0) is 22.5. The third kappa shape index (κ3) is 4.42. The molecule has 0 bridgehead atoms. The first-order valence-electron chi connectivity index (χ1n) is 10.6. The molecule has 0 unspecified atom stereocenters. The first-order valence-corrected chi connectivity index (χ1v) is 9.87.